The number of nitrogens with one attached hydrogen (secondary N) is 2. The van der Waals surface area contributed by atoms with Gasteiger partial charge in [0.05, 0.1) is 17.8 Å². The Morgan fingerprint density at radius 2 is 1.85 bits per heavy atom. The average Bonchev–Trinajstić information content (AvgIpc) is 3.27. The van der Waals surface area contributed by atoms with Crippen LogP contribution in [0.25, 0.3) is 0 Å². The lowest BCUT2D eigenvalue weighted by Crippen LogP contribution is -2.28. The lowest BCUT2D eigenvalue weighted by atomic mass is 9.87. The van der Waals surface area contributed by atoms with E-state index in [2.05, 4.69) is 25.8 Å². The van der Waals surface area contributed by atoms with Gasteiger partial charge in [-0.2, -0.15) is 0 Å². The molecule has 1 saturated carbocycles. The van der Waals surface area contributed by atoms with Gasteiger partial charge in [-0.25, -0.2) is 13.8 Å². The van der Waals surface area contributed by atoms with Crippen LogP contribution in [-0.4, -0.2) is 38.3 Å². The van der Waals surface area contributed by atoms with E-state index >= 15 is 0 Å². The number of hydrogen-bond donors (Lipinski definition) is 3. The van der Waals surface area contributed by atoms with Gasteiger partial charge in [0.2, 0.25) is 5.88 Å². The molecule has 34 heavy (non-hydrogen) atoms. The van der Waals surface area contributed by atoms with Crippen molar-refractivity contribution in [3.63, 3.8) is 0 Å². The maximum Gasteiger partial charge on any atom is 0.320 e. The summed E-state index contributed by atoms with van der Waals surface area (Å²) in [5.74, 6) is -4.20. The number of pyridine rings is 1. The minimum absolute atomic E-state index is 0.150. The maximum atomic E-state index is 13.3. The number of nitrogens with zero attached hydrogens (tertiary/aromatic N) is 3. The van der Waals surface area contributed by atoms with E-state index in [0.29, 0.717) is 25.7 Å². The molecular weight excluding hydrogens is 476 g/mol. The summed E-state index contributed by atoms with van der Waals surface area (Å²) < 4.78 is 37.3. The van der Waals surface area contributed by atoms with Crippen LogP contribution in [0.15, 0.2) is 34.9 Å². The number of carboxylic acids is 1. The van der Waals surface area contributed by atoms with Crippen LogP contribution in [0.5, 0.6) is 5.88 Å². The lowest BCUT2D eigenvalue weighted by molar-refractivity contribution is -0.143. The van der Waals surface area contributed by atoms with Gasteiger partial charge in [-0.3, -0.25) is 9.59 Å². The topological polar surface area (TPSA) is 139 Å². The number of anilines is 3. The number of hydrogen-bond acceptors (Lipinski definition) is 8. The zero-order chi connectivity index (χ0) is 24.2. The van der Waals surface area contributed by atoms with Gasteiger partial charge in [0.1, 0.15) is 11.1 Å². The Labute approximate surface area is 196 Å². The van der Waals surface area contributed by atoms with Crippen LogP contribution in [-0.2, 0) is 4.79 Å². The molecule has 0 aliphatic heterocycles. The van der Waals surface area contributed by atoms with E-state index in [1.165, 1.54) is 18.3 Å². The third-order valence-corrected chi connectivity index (χ3v) is 5.43. The average molecular weight is 494 g/mol. The van der Waals surface area contributed by atoms with Crippen LogP contribution >= 0.6 is 11.6 Å². The SMILES string of the molecule is O=C(Nc1cnc(O[C@H]2CC[C@@H](C(=O)O)CC2)c(Cl)c1)c1nnc(Nc2ccc(F)c(F)c2)o1. The smallest absolute Gasteiger partial charge is 0.320 e. The van der Waals surface area contributed by atoms with Crippen molar-refractivity contribution in [2.75, 3.05) is 10.6 Å². The predicted octanol–water partition coefficient (Wildman–Crippen LogP) is 4.41. The second-order valence-electron chi connectivity index (χ2n) is 7.56. The summed E-state index contributed by atoms with van der Waals surface area (Å²) in [5.41, 5.74) is 0.391. The molecule has 0 spiro atoms. The monoisotopic (exact) mass is 493 g/mol. The van der Waals surface area contributed by atoms with Gasteiger partial charge >= 0.3 is 23.8 Å². The van der Waals surface area contributed by atoms with Gasteiger partial charge in [0.25, 0.3) is 0 Å². The molecule has 2 heterocycles. The first-order valence-corrected chi connectivity index (χ1v) is 10.6. The first-order valence-electron chi connectivity index (χ1n) is 10.2. The highest BCUT2D eigenvalue weighted by molar-refractivity contribution is 6.32. The molecule has 2 aromatic heterocycles. The highest BCUT2D eigenvalue weighted by Gasteiger charge is 2.27. The molecule has 1 aliphatic rings. The summed E-state index contributed by atoms with van der Waals surface area (Å²) in [4.78, 5) is 27.6. The Morgan fingerprint density at radius 1 is 1.09 bits per heavy atom. The van der Waals surface area contributed by atoms with Crippen LogP contribution in [0.2, 0.25) is 5.02 Å². The Balaban J connectivity index is 1.34. The molecule has 3 aromatic rings. The summed E-state index contributed by atoms with van der Waals surface area (Å²) in [5, 5.41) is 21.5. The standard InChI is InChI=1S/C21H18ClF2N5O5/c22-14-7-12(9-25-18(14)33-13-4-1-10(2-5-13)20(31)32)26-17(30)19-28-29-21(34-19)27-11-3-6-15(23)16(24)8-11/h3,6-10,13H,1-2,4-5H2,(H,26,30)(H,27,29)(H,31,32)/t10-,13+. The molecule has 1 aliphatic carbocycles. The number of rotatable bonds is 7. The van der Waals surface area contributed by atoms with Crippen LogP contribution < -0.4 is 15.4 Å². The number of benzene rings is 1. The van der Waals surface area contributed by atoms with Crippen molar-refractivity contribution < 1.29 is 32.6 Å². The van der Waals surface area contributed by atoms with Gasteiger partial charge in [0, 0.05) is 11.8 Å². The fraction of sp³-hybridized carbons (Fsp3) is 0.286. The van der Waals surface area contributed by atoms with Gasteiger partial charge in [-0.05, 0) is 43.9 Å². The number of amides is 1. The van der Waals surface area contributed by atoms with Crippen molar-refractivity contribution in [2.24, 2.45) is 5.92 Å². The maximum absolute atomic E-state index is 13.3. The second kappa shape index (κ2) is 10.00. The quantitative estimate of drug-likeness (QED) is 0.436. The zero-order valence-electron chi connectivity index (χ0n) is 17.4. The van der Waals surface area contributed by atoms with Gasteiger partial charge in [0.15, 0.2) is 11.6 Å². The first kappa shape index (κ1) is 23.4. The number of aromatic nitrogens is 3. The third-order valence-electron chi connectivity index (χ3n) is 5.16. The van der Waals surface area contributed by atoms with Crippen LogP contribution in [0.1, 0.15) is 36.4 Å². The predicted molar refractivity (Wildman–Crippen MR) is 115 cm³/mol. The molecule has 13 heteroatoms. The summed E-state index contributed by atoms with van der Waals surface area (Å²) in [7, 11) is 0. The molecule has 0 radical (unpaired) electrons. The van der Waals surface area contributed by atoms with E-state index < -0.39 is 29.4 Å². The summed E-state index contributed by atoms with van der Waals surface area (Å²) in [6.45, 7) is 0. The van der Waals surface area contributed by atoms with Crippen molar-refractivity contribution in [3.05, 3.63) is 53.0 Å². The Hall–Kier alpha value is -3.80. The normalized spacial score (nSPS) is 17.7. The number of carboxylic acid groups (broad SMARTS) is 1. The van der Waals surface area contributed by atoms with Crippen molar-refractivity contribution in [1.82, 2.24) is 15.2 Å². The third kappa shape index (κ3) is 5.57. The fourth-order valence-electron chi connectivity index (χ4n) is 3.41. The highest BCUT2D eigenvalue weighted by Crippen LogP contribution is 2.31. The minimum Gasteiger partial charge on any atom is -0.481 e. The van der Waals surface area contributed by atoms with Gasteiger partial charge in [-0.15, -0.1) is 5.10 Å². The lowest BCUT2D eigenvalue weighted by Gasteiger charge is -2.26. The zero-order valence-corrected chi connectivity index (χ0v) is 18.2. The minimum atomic E-state index is -1.06. The molecule has 0 atom stereocenters. The molecule has 10 nitrogen and oxygen atoms in total. The van der Waals surface area contributed by atoms with Gasteiger partial charge < -0.3 is 24.9 Å². The van der Waals surface area contributed by atoms with Crippen molar-refractivity contribution in [2.45, 2.75) is 31.8 Å². The molecular formula is C21H18ClF2N5O5. The highest BCUT2D eigenvalue weighted by atomic mass is 35.5. The fourth-order valence-corrected chi connectivity index (χ4v) is 3.62. The Morgan fingerprint density at radius 3 is 2.53 bits per heavy atom. The molecule has 3 N–H and O–H groups in total. The number of ether oxygens (including phenoxy) is 1. The van der Waals surface area contributed by atoms with E-state index in [9.17, 15) is 18.4 Å². The van der Waals surface area contributed by atoms with Crippen LogP contribution in [0.3, 0.4) is 0 Å². The van der Waals surface area contributed by atoms with E-state index in [1.807, 2.05) is 0 Å². The molecule has 0 unspecified atom stereocenters. The van der Waals surface area contributed by atoms with Crippen LogP contribution in [0, 0.1) is 17.6 Å². The Bertz CT molecular complexity index is 1220. The first-order chi connectivity index (χ1) is 16.3. The number of halogens is 3. The molecule has 0 saturated heterocycles. The van der Waals surface area contributed by atoms with E-state index in [4.69, 9.17) is 25.9 Å². The summed E-state index contributed by atoms with van der Waals surface area (Å²) in [6.07, 6.45) is 3.32. The second-order valence-corrected chi connectivity index (χ2v) is 7.97. The molecule has 1 fully saturated rings. The molecule has 1 aromatic carbocycles. The molecule has 0 bridgehead atoms. The number of aliphatic carboxylic acids is 1. The molecule has 1 amide bonds. The largest absolute Gasteiger partial charge is 0.481 e. The van der Waals surface area contributed by atoms with E-state index in [0.717, 1.165) is 12.1 Å². The number of carbonyl (C=O) groups excluding carboxylic acids is 1. The van der Waals surface area contributed by atoms with Crippen molar-refractivity contribution in [3.8, 4) is 5.88 Å². The molecule has 178 valence electrons. The van der Waals surface area contributed by atoms with Crippen molar-refractivity contribution in [1.29, 1.82) is 0 Å². The Kier molecular flexibility index (Phi) is 6.87. The molecule has 4 rings (SSSR count). The van der Waals surface area contributed by atoms with Crippen LogP contribution in [0.4, 0.5) is 26.2 Å². The summed E-state index contributed by atoms with van der Waals surface area (Å²) in [6, 6.07) is 4.31. The van der Waals surface area contributed by atoms with E-state index in [1.54, 1.807) is 0 Å². The van der Waals surface area contributed by atoms with Crippen molar-refractivity contribution >= 4 is 40.9 Å². The van der Waals surface area contributed by atoms with Gasteiger partial charge in [-0.1, -0.05) is 16.7 Å². The summed E-state index contributed by atoms with van der Waals surface area (Å²) >= 11 is 6.22. The number of carbonyl (C=O) groups is 2. The van der Waals surface area contributed by atoms with E-state index in [-0.39, 0.29) is 40.3 Å².